The number of halogens is 1. The van der Waals surface area contributed by atoms with Crippen LogP contribution >= 0.6 is 15.9 Å². The van der Waals surface area contributed by atoms with E-state index in [4.69, 9.17) is 4.98 Å². The van der Waals surface area contributed by atoms with Crippen molar-refractivity contribution in [2.75, 3.05) is 13.1 Å². The van der Waals surface area contributed by atoms with Crippen LogP contribution in [-0.2, 0) is 6.54 Å². The van der Waals surface area contributed by atoms with E-state index in [0.29, 0.717) is 5.92 Å². The molecule has 2 aromatic carbocycles. The van der Waals surface area contributed by atoms with Crippen molar-refractivity contribution in [1.82, 2.24) is 14.9 Å². The second-order valence-electron chi connectivity index (χ2n) is 7.26. The number of hydrogen-bond donors (Lipinski definition) is 2. The zero-order valence-corrected chi connectivity index (χ0v) is 16.5. The molecule has 0 saturated carbocycles. The van der Waals surface area contributed by atoms with Crippen molar-refractivity contribution in [3.63, 3.8) is 0 Å². The number of fused-ring (bicyclic) bond motifs is 1. The van der Waals surface area contributed by atoms with E-state index in [-0.39, 0.29) is 6.10 Å². The summed E-state index contributed by atoms with van der Waals surface area (Å²) in [4.78, 5) is 10.5. The summed E-state index contributed by atoms with van der Waals surface area (Å²) in [5, 5.41) is 10.8. The van der Waals surface area contributed by atoms with E-state index in [2.05, 4.69) is 50.9 Å². The number of aromatic amines is 1. The van der Waals surface area contributed by atoms with Crippen molar-refractivity contribution in [1.29, 1.82) is 0 Å². The van der Waals surface area contributed by atoms with Crippen LogP contribution in [0.3, 0.4) is 0 Å². The topological polar surface area (TPSA) is 52.1 Å². The van der Waals surface area contributed by atoms with Gasteiger partial charge in [0.2, 0.25) is 0 Å². The van der Waals surface area contributed by atoms with E-state index in [0.717, 1.165) is 59.4 Å². The molecule has 5 heteroatoms. The average Bonchev–Trinajstić information content (AvgIpc) is 3.03. The molecule has 4 nitrogen and oxygen atoms in total. The van der Waals surface area contributed by atoms with E-state index >= 15 is 0 Å². The first-order valence-electron chi connectivity index (χ1n) is 9.20. The Morgan fingerprint density at radius 2 is 2.00 bits per heavy atom. The Kier molecular flexibility index (Phi) is 5.11. The highest BCUT2D eigenvalue weighted by Gasteiger charge is 2.27. The molecule has 1 fully saturated rings. The van der Waals surface area contributed by atoms with Crippen LogP contribution in [-0.4, -0.2) is 33.1 Å². The molecule has 3 aromatic rings. The van der Waals surface area contributed by atoms with Gasteiger partial charge in [-0.3, -0.25) is 4.90 Å². The van der Waals surface area contributed by atoms with E-state index < -0.39 is 0 Å². The smallest absolute Gasteiger partial charge is 0.121 e. The van der Waals surface area contributed by atoms with Gasteiger partial charge in [0.05, 0.1) is 23.7 Å². The van der Waals surface area contributed by atoms with E-state index in [9.17, 15) is 5.11 Å². The van der Waals surface area contributed by atoms with Gasteiger partial charge in [-0.15, -0.1) is 0 Å². The van der Waals surface area contributed by atoms with Crippen molar-refractivity contribution in [3.8, 4) is 0 Å². The largest absolute Gasteiger partial charge is 0.388 e. The first kappa shape index (κ1) is 17.7. The van der Waals surface area contributed by atoms with Gasteiger partial charge in [0.15, 0.2) is 0 Å². The highest BCUT2D eigenvalue weighted by atomic mass is 79.9. The van der Waals surface area contributed by atoms with Crippen LogP contribution in [0.1, 0.15) is 35.9 Å². The van der Waals surface area contributed by atoms with Gasteiger partial charge in [-0.1, -0.05) is 40.2 Å². The van der Waals surface area contributed by atoms with Gasteiger partial charge in [-0.25, -0.2) is 4.98 Å². The number of hydrogen-bond acceptors (Lipinski definition) is 3. The second kappa shape index (κ2) is 7.51. The minimum absolute atomic E-state index is 0.332. The summed E-state index contributed by atoms with van der Waals surface area (Å²) in [6.45, 7) is 4.90. The number of nitrogens with one attached hydrogen (secondary N) is 1. The molecule has 2 N–H and O–H groups in total. The van der Waals surface area contributed by atoms with Crippen molar-refractivity contribution < 1.29 is 5.11 Å². The molecule has 136 valence electrons. The summed E-state index contributed by atoms with van der Waals surface area (Å²) in [6, 6.07) is 14.3. The molecule has 0 bridgehead atoms. The molecule has 2 heterocycles. The number of aliphatic hydroxyl groups is 1. The Labute approximate surface area is 162 Å². The fourth-order valence-electron chi connectivity index (χ4n) is 3.92. The van der Waals surface area contributed by atoms with Crippen molar-refractivity contribution >= 4 is 27.0 Å². The molecule has 1 saturated heterocycles. The molecule has 1 unspecified atom stereocenters. The maximum atomic E-state index is 10.8. The van der Waals surface area contributed by atoms with Crippen LogP contribution in [0.15, 0.2) is 46.9 Å². The van der Waals surface area contributed by atoms with Crippen LogP contribution in [0.2, 0.25) is 0 Å². The Morgan fingerprint density at radius 3 is 2.77 bits per heavy atom. The van der Waals surface area contributed by atoms with E-state index in [1.165, 1.54) is 5.56 Å². The molecular formula is C21H24BrN3O. The van der Waals surface area contributed by atoms with Gasteiger partial charge in [0.25, 0.3) is 0 Å². The highest BCUT2D eigenvalue weighted by Crippen LogP contribution is 2.32. The molecule has 1 atom stereocenters. The predicted octanol–water partition coefficient (Wildman–Crippen LogP) is 4.58. The van der Waals surface area contributed by atoms with Gasteiger partial charge in [-0.05, 0) is 68.1 Å². The third-order valence-corrected chi connectivity index (χ3v) is 5.95. The number of aromatic nitrogens is 2. The minimum atomic E-state index is -0.359. The predicted molar refractivity (Wildman–Crippen MR) is 108 cm³/mol. The third-order valence-electron chi connectivity index (χ3n) is 5.45. The lowest BCUT2D eigenvalue weighted by Crippen LogP contribution is -2.35. The van der Waals surface area contributed by atoms with Gasteiger partial charge in [0, 0.05) is 4.47 Å². The summed E-state index contributed by atoms with van der Waals surface area (Å²) in [7, 11) is 0. The summed E-state index contributed by atoms with van der Waals surface area (Å²) in [6.07, 6.45) is 1.67. The van der Waals surface area contributed by atoms with Crippen LogP contribution in [0.25, 0.3) is 11.0 Å². The standard InChI is InChI=1S/C21H24BrN3O/c1-14-4-2-3-5-17(14)21(26)15-8-10-25(11-9-15)13-20-23-18-7-6-16(22)12-19(18)24-20/h2-7,12,15,21,26H,8-11,13H2,1H3,(H,23,24). The van der Waals surface area contributed by atoms with Crippen LogP contribution in [0.5, 0.6) is 0 Å². The number of nitrogens with zero attached hydrogens (tertiary/aromatic N) is 2. The number of likely N-dealkylation sites (tertiary alicyclic amines) is 1. The minimum Gasteiger partial charge on any atom is -0.388 e. The lowest BCUT2D eigenvalue weighted by atomic mass is 9.86. The van der Waals surface area contributed by atoms with Crippen LogP contribution < -0.4 is 0 Å². The summed E-state index contributed by atoms with van der Waals surface area (Å²) in [5.41, 5.74) is 4.33. The Morgan fingerprint density at radius 1 is 1.23 bits per heavy atom. The fraction of sp³-hybridized carbons (Fsp3) is 0.381. The monoisotopic (exact) mass is 413 g/mol. The summed E-state index contributed by atoms with van der Waals surface area (Å²) >= 11 is 3.50. The maximum absolute atomic E-state index is 10.8. The SMILES string of the molecule is Cc1ccccc1C(O)C1CCN(Cc2nc3ccc(Br)cc3[nH]2)CC1. The molecule has 1 aromatic heterocycles. The van der Waals surface area contributed by atoms with E-state index in [1.807, 2.05) is 24.3 Å². The van der Waals surface area contributed by atoms with Crippen molar-refractivity contribution in [2.45, 2.75) is 32.4 Å². The number of piperidine rings is 1. The van der Waals surface area contributed by atoms with E-state index in [1.54, 1.807) is 0 Å². The second-order valence-corrected chi connectivity index (χ2v) is 8.18. The molecule has 0 radical (unpaired) electrons. The molecule has 26 heavy (non-hydrogen) atoms. The Balaban J connectivity index is 1.38. The first-order chi connectivity index (χ1) is 12.6. The third kappa shape index (κ3) is 3.70. The van der Waals surface area contributed by atoms with Gasteiger partial charge in [0.1, 0.15) is 5.82 Å². The molecule has 1 aliphatic heterocycles. The number of H-pyrrole nitrogens is 1. The fourth-order valence-corrected chi connectivity index (χ4v) is 4.28. The summed E-state index contributed by atoms with van der Waals surface area (Å²) < 4.78 is 1.06. The molecule has 0 amide bonds. The number of aryl methyl sites for hydroxylation is 1. The van der Waals surface area contributed by atoms with Crippen molar-refractivity contribution in [2.24, 2.45) is 5.92 Å². The zero-order chi connectivity index (χ0) is 18.1. The lowest BCUT2D eigenvalue weighted by molar-refractivity contribution is 0.0558. The van der Waals surface area contributed by atoms with Crippen molar-refractivity contribution in [3.05, 3.63) is 63.9 Å². The molecule has 0 aliphatic carbocycles. The first-order valence-corrected chi connectivity index (χ1v) is 9.99. The van der Waals surface area contributed by atoms with Gasteiger partial charge in [-0.2, -0.15) is 0 Å². The molecule has 4 rings (SSSR count). The van der Waals surface area contributed by atoms with Crippen LogP contribution in [0, 0.1) is 12.8 Å². The number of benzene rings is 2. The zero-order valence-electron chi connectivity index (χ0n) is 15.0. The highest BCUT2D eigenvalue weighted by molar-refractivity contribution is 9.10. The Bertz CT molecular complexity index is 899. The number of aliphatic hydroxyl groups excluding tert-OH is 1. The number of imidazole rings is 1. The normalized spacial score (nSPS) is 17.7. The molecule has 1 aliphatic rings. The van der Waals surface area contributed by atoms with Gasteiger partial charge < -0.3 is 10.1 Å². The Hall–Kier alpha value is -1.69. The molecular weight excluding hydrogens is 390 g/mol. The quantitative estimate of drug-likeness (QED) is 0.657. The summed E-state index contributed by atoms with van der Waals surface area (Å²) in [5.74, 6) is 1.34. The molecule has 0 spiro atoms. The average molecular weight is 414 g/mol. The maximum Gasteiger partial charge on any atom is 0.121 e. The van der Waals surface area contributed by atoms with Crippen LogP contribution in [0.4, 0.5) is 0 Å². The number of rotatable bonds is 4. The van der Waals surface area contributed by atoms with Gasteiger partial charge >= 0.3 is 0 Å². The lowest BCUT2D eigenvalue weighted by Gasteiger charge is -2.34.